The molecule has 1 fully saturated rings. The minimum absolute atomic E-state index is 0.392. The van der Waals surface area contributed by atoms with Gasteiger partial charge in [0.1, 0.15) is 0 Å². The molecule has 2 aromatic rings. The maximum Gasteiger partial charge on any atom is 0.0964 e. The SMILES string of the molecule is Cc1ccc(C)c(-c2csc(C3CC(N)C3)n2)c1. The first kappa shape index (κ1) is 11.9. The summed E-state index contributed by atoms with van der Waals surface area (Å²) >= 11 is 1.78. The van der Waals surface area contributed by atoms with Gasteiger partial charge in [0.2, 0.25) is 0 Å². The van der Waals surface area contributed by atoms with Crippen molar-refractivity contribution in [3.8, 4) is 11.3 Å². The van der Waals surface area contributed by atoms with Crippen LogP contribution in [0.1, 0.15) is 34.9 Å². The molecule has 1 saturated carbocycles. The van der Waals surface area contributed by atoms with Gasteiger partial charge in [0, 0.05) is 22.9 Å². The molecule has 94 valence electrons. The van der Waals surface area contributed by atoms with Crippen LogP contribution in [0.3, 0.4) is 0 Å². The maximum atomic E-state index is 5.84. The summed E-state index contributed by atoms with van der Waals surface area (Å²) in [6.45, 7) is 4.27. The second-order valence-corrected chi connectivity index (χ2v) is 6.21. The molecular weight excluding hydrogens is 240 g/mol. The quantitative estimate of drug-likeness (QED) is 0.893. The number of thiazole rings is 1. The third-order valence-corrected chi connectivity index (χ3v) is 4.72. The molecule has 18 heavy (non-hydrogen) atoms. The predicted octanol–water partition coefficient (Wildman–Crippen LogP) is 3.63. The van der Waals surface area contributed by atoms with Gasteiger partial charge in [0.05, 0.1) is 10.7 Å². The van der Waals surface area contributed by atoms with Crippen LogP contribution in [0.5, 0.6) is 0 Å². The van der Waals surface area contributed by atoms with E-state index in [0.29, 0.717) is 12.0 Å². The number of nitrogens with two attached hydrogens (primary N) is 1. The molecule has 0 unspecified atom stereocenters. The van der Waals surface area contributed by atoms with Gasteiger partial charge in [-0.3, -0.25) is 0 Å². The molecule has 1 aromatic carbocycles. The van der Waals surface area contributed by atoms with Crippen molar-refractivity contribution in [2.24, 2.45) is 5.73 Å². The van der Waals surface area contributed by atoms with E-state index in [-0.39, 0.29) is 0 Å². The number of rotatable bonds is 2. The Labute approximate surface area is 112 Å². The third-order valence-electron chi connectivity index (χ3n) is 3.71. The Bertz CT molecular complexity index is 568. The van der Waals surface area contributed by atoms with Crippen LogP contribution in [0, 0.1) is 13.8 Å². The molecule has 0 saturated heterocycles. The fraction of sp³-hybridized carbons (Fsp3) is 0.400. The van der Waals surface area contributed by atoms with Crippen molar-refractivity contribution in [3.63, 3.8) is 0 Å². The molecule has 3 heteroatoms. The molecule has 1 aliphatic rings. The molecule has 0 aliphatic heterocycles. The molecular formula is C15H18N2S. The van der Waals surface area contributed by atoms with Crippen LogP contribution in [0.25, 0.3) is 11.3 Å². The summed E-state index contributed by atoms with van der Waals surface area (Å²) < 4.78 is 0. The van der Waals surface area contributed by atoms with Gasteiger partial charge in [0.25, 0.3) is 0 Å². The van der Waals surface area contributed by atoms with E-state index in [4.69, 9.17) is 10.7 Å². The van der Waals surface area contributed by atoms with E-state index in [1.165, 1.54) is 21.7 Å². The number of aryl methyl sites for hydroxylation is 2. The van der Waals surface area contributed by atoms with Gasteiger partial charge in [-0.05, 0) is 38.3 Å². The van der Waals surface area contributed by atoms with E-state index < -0.39 is 0 Å². The minimum atomic E-state index is 0.392. The fourth-order valence-electron chi connectivity index (χ4n) is 2.47. The van der Waals surface area contributed by atoms with Crippen LogP contribution < -0.4 is 5.73 Å². The van der Waals surface area contributed by atoms with Crippen LogP contribution >= 0.6 is 11.3 Å². The van der Waals surface area contributed by atoms with Gasteiger partial charge >= 0.3 is 0 Å². The smallest absolute Gasteiger partial charge is 0.0964 e. The van der Waals surface area contributed by atoms with Gasteiger partial charge in [-0.25, -0.2) is 4.98 Å². The summed E-state index contributed by atoms with van der Waals surface area (Å²) in [7, 11) is 0. The van der Waals surface area contributed by atoms with Gasteiger partial charge in [-0.15, -0.1) is 11.3 Å². The summed E-state index contributed by atoms with van der Waals surface area (Å²) in [5, 5.41) is 3.44. The largest absolute Gasteiger partial charge is 0.328 e. The first-order chi connectivity index (χ1) is 8.63. The Morgan fingerprint density at radius 1 is 1.28 bits per heavy atom. The monoisotopic (exact) mass is 258 g/mol. The van der Waals surface area contributed by atoms with Crippen LogP contribution in [-0.2, 0) is 0 Å². The Morgan fingerprint density at radius 3 is 2.78 bits per heavy atom. The molecule has 1 aromatic heterocycles. The molecule has 0 radical (unpaired) electrons. The van der Waals surface area contributed by atoms with Crippen molar-refractivity contribution in [2.45, 2.75) is 38.6 Å². The van der Waals surface area contributed by atoms with Crippen molar-refractivity contribution in [1.29, 1.82) is 0 Å². The van der Waals surface area contributed by atoms with E-state index in [1.54, 1.807) is 11.3 Å². The summed E-state index contributed by atoms with van der Waals surface area (Å²) in [6.07, 6.45) is 2.19. The van der Waals surface area contributed by atoms with Gasteiger partial charge < -0.3 is 5.73 Å². The zero-order chi connectivity index (χ0) is 12.7. The van der Waals surface area contributed by atoms with Crippen molar-refractivity contribution < 1.29 is 0 Å². The average molecular weight is 258 g/mol. The Kier molecular flexibility index (Phi) is 2.96. The van der Waals surface area contributed by atoms with Crippen molar-refractivity contribution >= 4 is 11.3 Å². The number of hydrogen-bond acceptors (Lipinski definition) is 3. The van der Waals surface area contributed by atoms with Crippen molar-refractivity contribution in [2.75, 3.05) is 0 Å². The zero-order valence-electron chi connectivity index (χ0n) is 10.8. The number of hydrogen-bond donors (Lipinski definition) is 1. The molecule has 0 atom stereocenters. The topological polar surface area (TPSA) is 38.9 Å². The van der Waals surface area contributed by atoms with E-state index >= 15 is 0 Å². The fourth-order valence-corrected chi connectivity index (χ4v) is 3.42. The van der Waals surface area contributed by atoms with Crippen LogP contribution in [0.2, 0.25) is 0 Å². The Hall–Kier alpha value is -1.19. The number of benzene rings is 1. The molecule has 0 spiro atoms. The predicted molar refractivity (Wildman–Crippen MR) is 77.0 cm³/mol. The Morgan fingerprint density at radius 2 is 2.06 bits per heavy atom. The summed E-state index contributed by atoms with van der Waals surface area (Å²) in [5.41, 5.74) is 10.8. The highest BCUT2D eigenvalue weighted by Crippen LogP contribution is 2.38. The normalized spacial score (nSPS) is 22.8. The van der Waals surface area contributed by atoms with Gasteiger partial charge in [-0.1, -0.05) is 17.7 Å². The third kappa shape index (κ3) is 2.08. The molecule has 0 bridgehead atoms. The van der Waals surface area contributed by atoms with Gasteiger partial charge in [-0.2, -0.15) is 0 Å². The summed E-state index contributed by atoms with van der Waals surface area (Å²) in [6, 6.07) is 6.93. The maximum absolute atomic E-state index is 5.84. The van der Waals surface area contributed by atoms with Gasteiger partial charge in [0.15, 0.2) is 0 Å². The standard InChI is InChI=1S/C15H18N2S/c1-9-3-4-10(2)13(5-9)14-8-18-15(17-14)11-6-12(16)7-11/h3-5,8,11-12H,6-7,16H2,1-2H3. The summed E-state index contributed by atoms with van der Waals surface area (Å²) in [5.74, 6) is 0.601. The van der Waals surface area contributed by atoms with Crippen molar-refractivity contribution in [1.82, 2.24) is 4.98 Å². The van der Waals surface area contributed by atoms with Crippen molar-refractivity contribution in [3.05, 3.63) is 39.7 Å². The second-order valence-electron chi connectivity index (χ2n) is 5.32. The molecule has 3 rings (SSSR count). The Balaban J connectivity index is 1.90. The lowest BCUT2D eigenvalue weighted by Crippen LogP contribution is -2.34. The minimum Gasteiger partial charge on any atom is -0.328 e. The summed E-state index contributed by atoms with van der Waals surface area (Å²) in [4.78, 5) is 4.80. The highest BCUT2D eigenvalue weighted by molar-refractivity contribution is 7.10. The van der Waals surface area contributed by atoms with E-state index in [9.17, 15) is 0 Å². The zero-order valence-corrected chi connectivity index (χ0v) is 11.6. The molecule has 1 heterocycles. The highest BCUT2D eigenvalue weighted by Gasteiger charge is 2.29. The number of aromatic nitrogens is 1. The molecule has 1 aliphatic carbocycles. The second kappa shape index (κ2) is 4.48. The lowest BCUT2D eigenvalue weighted by Gasteiger charge is -2.30. The molecule has 0 amide bonds. The first-order valence-corrected chi connectivity index (χ1v) is 7.30. The molecule has 2 N–H and O–H groups in total. The lowest BCUT2D eigenvalue weighted by molar-refractivity contribution is 0.351. The average Bonchev–Trinajstić information content (AvgIpc) is 2.77. The van der Waals surface area contributed by atoms with Crippen LogP contribution in [0.15, 0.2) is 23.6 Å². The first-order valence-electron chi connectivity index (χ1n) is 6.42. The van der Waals surface area contributed by atoms with E-state index in [0.717, 1.165) is 18.5 Å². The van der Waals surface area contributed by atoms with Crippen LogP contribution in [-0.4, -0.2) is 11.0 Å². The van der Waals surface area contributed by atoms with E-state index in [1.807, 2.05) is 0 Å². The van der Waals surface area contributed by atoms with E-state index in [2.05, 4.69) is 37.4 Å². The lowest BCUT2D eigenvalue weighted by atomic mass is 9.81. The van der Waals surface area contributed by atoms with Crippen LogP contribution in [0.4, 0.5) is 0 Å². The molecule has 2 nitrogen and oxygen atoms in total. The highest BCUT2D eigenvalue weighted by atomic mass is 32.1. The number of nitrogens with zero attached hydrogens (tertiary/aromatic N) is 1.